The third-order valence-corrected chi connectivity index (χ3v) is 3.55. The summed E-state index contributed by atoms with van der Waals surface area (Å²) in [4.78, 5) is 22.0. The van der Waals surface area contributed by atoms with Gasteiger partial charge < -0.3 is 5.32 Å². The number of carbonyl (C=O) groups is 1. The van der Waals surface area contributed by atoms with Gasteiger partial charge in [-0.2, -0.15) is 5.10 Å². The van der Waals surface area contributed by atoms with E-state index in [1.165, 1.54) is 13.8 Å². The number of nitrogens with one attached hydrogen (secondary N) is 1. The Morgan fingerprint density at radius 2 is 1.58 bits per heavy atom. The van der Waals surface area contributed by atoms with Gasteiger partial charge in [-0.25, -0.2) is 22.0 Å². The van der Waals surface area contributed by atoms with Crippen LogP contribution in [-0.4, -0.2) is 20.6 Å². The maximum absolute atomic E-state index is 13.5. The fourth-order valence-electron chi connectivity index (χ4n) is 2.29. The van der Waals surface area contributed by atoms with E-state index in [0.717, 1.165) is 4.68 Å². The summed E-state index contributed by atoms with van der Waals surface area (Å²) < 4.78 is 67.3. The van der Waals surface area contributed by atoms with Crippen molar-refractivity contribution in [3.63, 3.8) is 0 Å². The number of hydrogen-bond donors (Lipinski definition) is 1. The Hall–Kier alpha value is -3.05. The molecular weight excluding hydrogens is 367 g/mol. The van der Waals surface area contributed by atoms with Gasteiger partial charge in [-0.3, -0.25) is 19.6 Å². The Balaban J connectivity index is 2.17. The van der Waals surface area contributed by atoms with Crippen LogP contribution in [0, 0.1) is 53.0 Å². The first-order valence-corrected chi connectivity index (χ1v) is 7.05. The minimum atomic E-state index is -2.34. The van der Waals surface area contributed by atoms with Crippen molar-refractivity contribution in [2.75, 3.05) is 5.32 Å². The van der Waals surface area contributed by atoms with Crippen LogP contribution < -0.4 is 5.32 Å². The number of carbonyl (C=O) groups excluding carboxylic acids is 1. The third-order valence-electron chi connectivity index (χ3n) is 3.55. The minimum Gasteiger partial charge on any atom is -0.321 e. The number of benzene rings is 1. The van der Waals surface area contributed by atoms with Gasteiger partial charge in [0.25, 0.3) is 0 Å². The zero-order valence-corrected chi connectivity index (χ0v) is 13.4. The molecule has 12 heteroatoms. The molecule has 1 heterocycles. The van der Waals surface area contributed by atoms with E-state index in [1.807, 2.05) is 0 Å². The number of amides is 1. The van der Waals surface area contributed by atoms with Crippen LogP contribution >= 0.6 is 0 Å². The molecule has 1 aromatic heterocycles. The molecule has 0 spiro atoms. The van der Waals surface area contributed by atoms with Gasteiger partial charge >= 0.3 is 5.69 Å². The van der Waals surface area contributed by atoms with E-state index >= 15 is 0 Å². The molecule has 26 heavy (non-hydrogen) atoms. The summed E-state index contributed by atoms with van der Waals surface area (Å²) >= 11 is 0. The molecule has 0 atom stereocenters. The van der Waals surface area contributed by atoms with Crippen molar-refractivity contribution < 1.29 is 31.7 Å². The third kappa shape index (κ3) is 3.34. The molecule has 0 unspecified atom stereocenters. The summed E-state index contributed by atoms with van der Waals surface area (Å²) in [6, 6.07) is 0. The van der Waals surface area contributed by atoms with Gasteiger partial charge in [0.05, 0.1) is 11.5 Å². The van der Waals surface area contributed by atoms with E-state index in [2.05, 4.69) is 5.10 Å². The monoisotopic (exact) mass is 378 g/mol. The molecule has 0 aliphatic carbocycles. The van der Waals surface area contributed by atoms with Crippen molar-refractivity contribution in [3.05, 3.63) is 50.6 Å². The minimum absolute atomic E-state index is 0.104. The highest BCUT2D eigenvalue weighted by Gasteiger charge is 2.27. The van der Waals surface area contributed by atoms with Gasteiger partial charge in [-0.1, -0.05) is 0 Å². The molecule has 0 fully saturated rings. The normalized spacial score (nSPS) is 10.9. The van der Waals surface area contributed by atoms with Crippen molar-refractivity contribution in [2.45, 2.75) is 26.8 Å². The van der Waals surface area contributed by atoms with E-state index in [0.29, 0.717) is 0 Å². The number of nitrogens with zero attached hydrogens (tertiary/aromatic N) is 3. The Morgan fingerprint density at radius 3 is 2.04 bits per heavy atom. The van der Waals surface area contributed by atoms with Crippen molar-refractivity contribution >= 4 is 17.3 Å². The smallest absolute Gasteiger partial charge is 0.312 e. The maximum Gasteiger partial charge on any atom is 0.312 e. The molecular formula is C14H11F5N4O3. The average molecular weight is 378 g/mol. The lowest BCUT2D eigenvalue weighted by Crippen LogP contribution is -2.19. The summed E-state index contributed by atoms with van der Waals surface area (Å²) in [5.41, 5.74) is -1.46. The Kier molecular flexibility index (Phi) is 5.23. The summed E-state index contributed by atoms with van der Waals surface area (Å²) in [5, 5.41) is 16.4. The predicted octanol–water partition coefficient (Wildman–Crippen LogP) is 3.13. The molecule has 0 saturated heterocycles. The van der Waals surface area contributed by atoms with Crippen molar-refractivity contribution in [1.82, 2.24) is 9.78 Å². The molecule has 0 saturated carbocycles. The van der Waals surface area contributed by atoms with Crippen LogP contribution in [0.15, 0.2) is 0 Å². The Morgan fingerprint density at radius 1 is 1.08 bits per heavy atom. The molecule has 0 aliphatic rings. The van der Waals surface area contributed by atoms with Gasteiger partial charge in [-0.15, -0.1) is 0 Å². The number of hydrogen-bond acceptors (Lipinski definition) is 4. The largest absolute Gasteiger partial charge is 0.321 e. The first-order chi connectivity index (χ1) is 12.1. The second-order valence-corrected chi connectivity index (χ2v) is 5.24. The molecule has 2 aromatic rings. The van der Waals surface area contributed by atoms with Gasteiger partial charge in [-0.05, 0) is 13.8 Å². The van der Waals surface area contributed by atoms with Gasteiger partial charge in [0.15, 0.2) is 23.3 Å². The summed E-state index contributed by atoms with van der Waals surface area (Å²) in [6.07, 6.45) is -0.474. The summed E-state index contributed by atoms with van der Waals surface area (Å²) in [7, 11) is 0. The average Bonchev–Trinajstić information content (AvgIpc) is 2.87. The zero-order valence-electron chi connectivity index (χ0n) is 13.4. The number of halogens is 5. The molecule has 1 amide bonds. The van der Waals surface area contributed by atoms with Crippen molar-refractivity contribution in [3.8, 4) is 0 Å². The summed E-state index contributed by atoms with van der Waals surface area (Å²) in [6.45, 7) is 2.57. The first-order valence-electron chi connectivity index (χ1n) is 7.05. The SMILES string of the molecule is Cc1nn(CCC(=O)Nc2c(F)c(F)c(F)c(F)c2F)c(C)c1[N+](=O)[O-]. The second-order valence-electron chi connectivity index (χ2n) is 5.24. The molecule has 1 N–H and O–H groups in total. The zero-order chi connectivity index (χ0) is 19.8. The molecule has 140 valence electrons. The van der Waals surface area contributed by atoms with Gasteiger partial charge in [0, 0.05) is 6.42 Å². The number of aromatic nitrogens is 2. The molecule has 0 bridgehead atoms. The lowest BCUT2D eigenvalue weighted by Gasteiger charge is -2.10. The van der Waals surface area contributed by atoms with Gasteiger partial charge in [0.1, 0.15) is 17.1 Å². The molecule has 7 nitrogen and oxygen atoms in total. The van der Waals surface area contributed by atoms with Gasteiger partial charge in [0.2, 0.25) is 11.7 Å². The number of rotatable bonds is 5. The highest BCUT2D eigenvalue weighted by atomic mass is 19.2. The van der Waals surface area contributed by atoms with Crippen LogP contribution in [0.1, 0.15) is 17.8 Å². The number of anilines is 1. The van der Waals surface area contributed by atoms with E-state index in [4.69, 9.17) is 0 Å². The lowest BCUT2D eigenvalue weighted by molar-refractivity contribution is -0.386. The van der Waals surface area contributed by atoms with Crippen molar-refractivity contribution in [1.29, 1.82) is 0 Å². The Bertz CT molecular complexity index is 884. The van der Waals surface area contributed by atoms with Crippen molar-refractivity contribution in [2.24, 2.45) is 0 Å². The van der Waals surface area contributed by atoms with E-state index < -0.39 is 52.0 Å². The fraction of sp³-hybridized carbons (Fsp3) is 0.286. The first kappa shape index (κ1) is 19.3. The standard InChI is InChI=1S/C14H11F5N4O3/c1-5-14(23(25)26)6(2)22(21-5)4-3-7(24)20-13-11(18)9(16)8(15)10(17)12(13)19/h3-4H2,1-2H3,(H,20,24). The highest BCUT2D eigenvalue weighted by molar-refractivity contribution is 5.91. The van der Waals surface area contributed by atoms with Crippen LogP contribution in [-0.2, 0) is 11.3 Å². The number of aryl methyl sites for hydroxylation is 2. The molecule has 2 rings (SSSR count). The lowest BCUT2D eigenvalue weighted by atomic mass is 10.2. The highest BCUT2D eigenvalue weighted by Crippen LogP contribution is 2.27. The maximum atomic E-state index is 13.5. The van der Waals surface area contributed by atoms with E-state index in [1.54, 1.807) is 5.32 Å². The quantitative estimate of drug-likeness (QED) is 0.285. The molecule has 0 radical (unpaired) electrons. The Labute approximate surface area is 142 Å². The van der Waals surface area contributed by atoms with E-state index in [9.17, 15) is 36.9 Å². The van der Waals surface area contributed by atoms with Crippen LogP contribution in [0.4, 0.5) is 33.3 Å². The number of nitro groups is 1. The van der Waals surface area contributed by atoms with E-state index in [-0.39, 0.29) is 23.6 Å². The topological polar surface area (TPSA) is 90.1 Å². The molecule has 1 aromatic carbocycles. The summed E-state index contributed by atoms with van der Waals surface area (Å²) in [5.74, 6) is -12.1. The van der Waals surface area contributed by atoms with Crippen LogP contribution in [0.2, 0.25) is 0 Å². The fourth-order valence-corrected chi connectivity index (χ4v) is 2.29. The van der Waals surface area contributed by atoms with Crippen LogP contribution in [0.25, 0.3) is 0 Å². The van der Waals surface area contributed by atoms with Crippen LogP contribution in [0.3, 0.4) is 0 Å². The second kappa shape index (κ2) is 7.06. The van der Waals surface area contributed by atoms with Crippen LogP contribution in [0.5, 0.6) is 0 Å². The predicted molar refractivity (Wildman–Crippen MR) is 77.8 cm³/mol. The molecule has 0 aliphatic heterocycles.